The van der Waals surface area contributed by atoms with Gasteiger partial charge in [-0.25, -0.2) is 9.78 Å². The monoisotopic (exact) mass is 532 g/mol. The quantitative estimate of drug-likeness (QED) is 0.309. The van der Waals surface area contributed by atoms with Crippen molar-refractivity contribution in [2.24, 2.45) is 0 Å². The lowest BCUT2D eigenvalue weighted by molar-refractivity contribution is 0.104. The SMILES string of the molecule is O=c1[nH]c2ccccc2n1C1CCN(Cc2ccc(-c3nc(C4CCCO4)nnc3-c3ccccc3)cc2)CC1. The Morgan fingerprint density at radius 1 is 0.825 bits per heavy atom. The molecule has 0 spiro atoms. The maximum Gasteiger partial charge on any atom is 0.326 e. The predicted octanol–water partition coefficient (Wildman–Crippen LogP) is 5.54. The number of aromatic nitrogens is 5. The number of H-pyrrole nitrogens is 1. The molecule has 8 nitrogen and oxygen atoms in total. The number of nitrogens with zero attached hydrogens (tertiary/aromatic N) is 5. The Balaban J connectivity index is 1.08. The van der Waals surface area contributed by atoms with Crippen LogP contribution in [0.25, 0.3) is 33.5 Å². The van der Waals surface area contributed by atoms with E-state index in [9.17, 15) is 4.79 Å². The molecule has 202 valence electrons. The third-order valence-corrected chi connectivity index (χ3v) is 8.15. The summed E-state index contributed by atoms with van der Waals surface area (Å²) in [6.45, 7) is 3.53. The molecule has 4 heterocycles. The summed E-state index contributed by atoms with van der Waals surface area (Å²) in [5.41, 5.74) is 6.80. The fourth-order valence-corrected chi connectivity index (χ4v) is 6.05. The van der Waals surface area contributed by atoms with Gasteiger partial charge in [-0.2, -0.15) is 0 Å². The summed E-state index contributed by atoms with van der Waals surface area (Å²) >= 11 is 0. The molecule has 5 aromatic rings. The molecular formula is C32H32N6O2. The van der Waals surface area contributed by atoms with Crippen molar-refractivity contribution in [2.75, 3.05) is 19.7 Å². The molecule has 3 aromatic carbocycles. The Bertz CT molecular complexity index is 1660. The standard InChI is InChI=1S/C32H32N6O2/c39-32-33-26-9-4-5-10-27(26)38(32)25-16-18-37(19-17-25)21-22-12-14-24(15-13-22)29-30(23-7-2-1-3-8-23)35-36-31(34-29)28-11-6-20-40-28/h1-5,7-10,12-15,25,28H,6,11,16-21H2,(H,33,39). The van der Waals surface area contributed by atoms with Gasteiger partial charge in [-0.15, -0.1) is 10.2 Å². The molecule has 2 saturated heterocycles. The zero-order valence-corrected chi connectivity index (χ0v) is 22.4. The van der Waals surface area contributed by atoms with Crippen LogP contribution in [0, 0.1) is 0 Å². The van der Waals surface area contributed by atoms with Gasteiger partial charge in [-0.05, 0) is 43.4 Å². The Morgan fingerprint density at radius 3 is 2.35 bits per heavy atom. The van der Waals surface area contributed by atoms with Crippen molar-refractivity contribution in [1.29, 1.82) is 0 Å². The van der Waals surface area contributed by atoms with Gasteiger partial charge in [0.1, 0.15) is 17.5 Å². The van der Waals surface area contributed by atoms with Crippen LogP contribution >= 0.6 is 0 Å². The molecule has 8 heteroatoms. The van der Waals surface area contributed by atoms with Gasteiger partial charge in [0, 0.05) is 43.4 Å². The van der Waals surface area contributed by atoms with Crippen LogP contribution in [0.5, 0.6) is 0 Å². The van der Waals surface area contributed by atoms with Crippen molar-refractivity contribution in [3.63, 3.8) is 0 Å². The van der Waals surface area contributed by atoms with E-state index in [4.69, 9.17) is 9.72 Å². The van der Waals surface area contributed by atoms with Crippen molar-refractivity contribution in [3.05, 3.63) is 101 Å². The molecular weight excluding hydrogens is 500 g/mol. The summed E-state index contributed by atoms with van der Waals surface area (Å²) in [4.78, 5) is 23.1. The molecule has 0 aliphatic carbocycles. The summed E-state index contributed by atoms with van der Waals surface area (Å²) in [7, 11) is 0. The molecule has 2 aliphatic rings. The lowest BCUT2D eigenvalue weighted by Crippen LogP contribution is -2.36. The molecule has 0 amide bonds. The van der Waals surface area contributed by atoms with E-state index in [2.05, 4.69) is 44.3 Å². The number of fused-ring (bicyclic) bond motifs is 1. The highest BCUT2D eigenvalue weighted by molar-refractivity contribution is 5.77. The number of ether oxygens (including phenoxy) is 1. The van der Waals surface area contributed by atoms with Gasteiger partial charge in [0.15, 0.2) is 5.82 Å². The first kappa shape index (κ1) is 24.9. The molecule has 7 rings (SSSR count). The zero-order valence-electron chi connectivity index (χ0n) is 22.4. The van der Waals surface area contributed by atoms with Gasteiger partial charge < -0.3 is 9.72 Å². The summed E-state index contributed by atoms with van der Waals surface area (Å²) < 4.78 is 7.80. The van der Waals surface area contributed by atoms with Crippen molar-refractivity contribution in [3.8, 4) is 22.5 Å². The Morgan fingerprint density at radius 2 is 1.57 bits per heavy atom. The first-order chi connectivity index (χ1) is 19.7. The van der Waals surface area contributed by atoms with Crippen molar-refractivity contribution < 1.29 is 4.74 Å². The highest BCUT2D eigenvalue weighted by atomic mass is 16.5. The van der Waals surface area contributed by atoms with Crippen LogP contribution in [-0.4, -0.2) is 49.3 Å². The van der Waals surface area contributed by atoms with Crippen molar-refractivity contribution >= 4 is 11.0 Å². The van der Waals surface area contributed by atoms with Crippen LogP contribution in [0.3, 0.4) is 0 Å². The van der Waals surface area contributed by atoms with E-state index in [0.29, 0.717) is 5.82 Å². The second-order valence-electron chi connectivity index (χ2n) is 10.8. The number of nitrogens with one attached hydrogen (secondary N) is 1. The minimum Gasteiger partial charge on any atom is -0.370 e. The first-order valence-electron chi connectivity index (χ1n) is 14.2. The van der Waals surface area contributed by atoms with Crippen LogP contribution in [0.15, 0.2) is 83.7 Å². The number of hydrogen-bond acceptors (Lipinski definition) is 6. The number of aromatic amines is 1. The minimum absolute atomic E-state index is 0.00743. The lowest BCUT2D eigenvalue weighted by Gasteiger charge is -2.32. The zero-order chi connectivity index (χ0) is 26.9. The number of imidazole rings is 1. The van der Waals surface area contributed by atoms with Gasteiger partial charge in [0.05, 0.1) is 11.0 Å². The number of piperidine rings is 1. The molecule has 2 aromatic heterocycles. The highest BCUT2D eigenvalue weighted by Gasteiger charge is 2.25. The largest absolute Gasteiger partial charge is 0.370 e. The van der Waals surface area contributed by atoms with E-state index in [1.165, 1.54) is 5.56 Å². The second kappa shape index (κ2) is 10.8. The molecule has 1 N–H and O–H groups in total. The molecule has 2 aliphatic heterocycles. The highest BCUT2D eigenvalue weighted by Crippen LogP contribution is 2.32. The fraction of sp³-hybridized carbons (Fsp3) is 0.312. The third kappa shape index (κ3) is 4.85. The number of rotatable bonds is 6. The Labute approximate surface area is 232 Å². The third-order valence-electron chi connectivity index (χ3n) is 8.15. The van der Waals surface area contributed by atoms with E-state index >= 15 is 0 Å². The summed E-state index contributed by atoms with van der Waals surface area (Å²) in [5.74, 6) is 0.661. The lowest BCUT2D eigenvalue weighted by atomic mass is 10.0. The number of likely N-dealkylation sites (tertiary alicyclic amines) is 1. The van der Waals surface area contributed by atoms with Crippen LogP contribution in [0.1, 0.15) is 49.2 Å². The minimum atomic E-state index is -0.0848. The summed E-state index contributed by atoms with van der Waals surface area (Å²) in [6.07, 6.45) is 3.78. The predicted molar refractivity (Wildman–Crippen MR) is 155 cm³/mol. The first-order valence-corrected chi connectivity index (χ1v) is 14.2. The van der Waals surface area contributed by atoms with E-state index in [0.717, 1.165) is 85.5 Å². The molecule has 1 unspecified atom stereocenters. The maximum absolute atomic E-state index is 12.6. The Hall–Kier alpha value is -4.14. The second-order valence-corrected chi connectivity index (χ2v) is 10.8. The molecule has 40 heavy (non-hydrogen) atoms. The average Bonchev–Trinajstić information content (AvgIpc) is 3.66. The topological polar surface area (TPSA) is 88.9 Å². The van der Waals surface area contributed by atoms with Crippen LogP contribution in [0.2, 0.25) is 0 Å². The van der Waals surface area contributed by atoms with Crippen LogP contribution in [0.4, 0.5) is 0 Å². The molecule has 1 atom stereocenters. The summed E-state index contributed by atoms with van der Waals surface area (Å²) in [5, 5.41) is 9.06. The van der Waals surface area contributed by atoms with Gasteiger partial charge in [0.2, 0.25) is 0 Å². The smallest absolute Gasteiger partial charge is 0.326 e. The van der Waals surface area contributed by atoms with Crippen molar-refractivity contribution in [1.82, 2.24) is 29.6 Å². The normalized spacial score (nSPS) is 18.4. The molecule has 2 fully saturated rings. The fourth-order valence-electron chi connectivity index (χ4n) is 6.05. The molecule has 0 radical (unpaired) electrons. The molecule has 0 bridgehead atoms. The van der Waals surface area contributed by atoms with Gasteiger partial charge in [-0.3, -0.25) is 9.47 Å². The number of benzene rings is 3. The van der Waals surface area contributed by atoms with E-state index in [-0.39, 0.29) is 17.8 Å². The number of hydrogen-bond donors (Lipinski definition) is 1. The van der Waals surface area contributed by atoms with Gasteiger partial charge >= 0.3 is 5.69 Å². The van der Waals surface area contributed by atoms with E-state index < -0.39 is 0 Å². The van der Waals surface area contributed by atoms with Gasteiger partial charge in [0.25, 0.3) is 0 Å². The summed E-state index contributed by atoms with van der Waals surface area (Å²) in [6, 6.07) is 26.9. The number of para-hydroxylation sites is 2. The van der Waals surface area contributed by atoms with Crippen molar-refractivity contribution in [2.45, 2.75) is 44.4 Å². The van der Waals surface area contributed by atoms with Crippen LogP contribution < -0.4 is 5.69 Å². The van der Waals surface area contributed by atoms with E-state index in [1.807, 2.05) is 59.2 Å². The Kier molecular flexibility index (Phi) is 6.71. The van der Waals surface area contributed by atoms with Crippen LogP contribution in [-0.2, 0) is 11.3 Å². The maximum atomic E-state index is 12.6. The van der Waals surface area contributed by atoms with E-state index in [1.54, 1.807) is 0 Å². The van der Waals surface area contributed by atoms with Gasteiger partial charge in [-0.1, -0.05) is 66.7 Å². The average molecular weight is 533 g/mol. The molecule has 0 saturated carbocycles.